The van der Waals surface area contributed by atoms with Crippen molar-refractivity contribution in [3.63, 3.8) is 0 Å². The summed E-state index contributed by atoms with van der Waals surface area (Å²) in [7, 11) is 0. The summed E-state index contributed by atoms with van der Waals surface area (Å²) in [5.41, 5.74) is 2.68. The van der Waals surface area contributed by atoms with E-state index in [0.29, 0.717) is 6.04 Å². The molecule has 4 heteroatoms. The van der Waals surface area contributed by atoms with E-state index >= 15 is 0 Å². The van der Waals surface area contributed by atoms with Gasteiger partial charge in [0, 0.05) is 24.2 Å². The first kappa shape index (κ1) is 14.0. The lowest BCUT2D eigenvalue weighted by molar-refractivity contribution is 0.602. The van der Waals surface area contributed by atoms with Crippen LogP contribution in [0.5, 0.6) is 0 Å². The Balaban J connectivity index is 2.07. The molecule has 0 fully saturated rings. The third-order valence-electron chi connectivity index (χ3n) is 2.94. The number of rotatable bonds is 6. The standard InChI is InChI=1S/C15H19N3S/c1-3-16-14(13-8-5-4-7-12(13)2)11-19-15-17-9-6-10-18-15/h4-10,14,16H,3,11H2,1-2H3. The fourth-order valence-electron chi connectivity index (χ4n) is 2.00. The van der Waals surface area contributed by atoms with Gasteiger partial charge in [-0.3, -0.25) is 0 Å². The summed E-state index contributed by atoms with van der Waals surface area (Å²) >= 11 is 1.69. The third-order valence-corrected chi connectivity index (χ3v) is 3.90. The smallest absolute Gasteiger partial charge is 0.187 e. The van der Waals surface area contributed by atoms with Crippen molar-refractivity contribution in [2.45, 2.75) is 25.0 Å². The highest BCUT2D eigenvalue weighted by Crippen LogP contribution is 2.24. The number of aryl methyl sites for hydroxylation is 1. The van der Waals surface area contributed by atoms with Crippen LogP contribution in [0, 0.1) is 6.92 Å². The molecule has 1 unspecified atom stereocenters. The molecule has 0 saturated carbocycles. The number of benzene rings is 1. The Morgan fingerprint density at radius 1 is 1.16 bits per heavy atom. The average molecular weight is 273 g/mol. The van der Waals surface area contributed by atoms with Gasteiger partial charge in [-0.15, -0.1) is 0 Å². The molecule has 0 saturated heterocycles. The van der Waals surface area contributed by atoms with Gasteiger partial charge in [0.1, 0.15) is 0 Å². The SMILES string of the molecule is CCNC(CSc1ncccn1)c1ccccc1C. The first-order chi connectivity index (χ1) is 9.31. The van der Waals surface area contributed by atoms with E-state index in [9.17, 15) is 0 Å². The summed E-state index contributed by atoms with van der Waals surface area (Å²) in [6, 6.07) is 10.7. The zero-order valence-electron chi connectivity index (χ0n) is 11.3. The lowest BCUT2D eigenvalue weighted by Gasteiger charge is -2.19. The fraction of sp³-hybridized carbons (Fsp3) is 0.333. The second-order valence-corrected chi connectivity index (χ2v) is 5.30. The number of hydrogen-bond acceptors (Lipinski definition) is 4. The van der Waals surface area contributed by atoms with Crippen LogP contribution in [-0.4, -0.2) is 22.3 Å². The van der Waals surface area contributed by atoms with Gasteiger partial charge in [-0.05, 0) is 30.7 Å². The Morgan fingerprint density at radius 3 is 2.58 bits per heavy atom. The van der Waals surface area contributed by atoms with Gasteiger partial charge in [-0.2, -0.15) is 0 Å². The van der Waals surface area contributed by atoms with Gasteiger partial charge in [0.25, 0.3) is 0 Å². The summed E-state index contributed by atoms with van der Waals surface area (Å²) in [4.78, 5) is 8.50. The molecule has 0 amide bonds. The van der Waals surface area contributed by atoms with Gasteiger partial charge in [-0.1, -0.05) is 43.0 Å². The maximum atomic E-state index is 4.25. The third kappa shape index (κ3) is 4.04. The predicted octanol–water partition coefficient (Wildman–Crippen LogP) is 3.23. The number of nitrogens with one attached hydrogen (secondary N) is 1. The zero-order valence-corrected chi connectivity index (χ0v) is 12.2. The van der Waals surface area contributed by atoms with E-state index in [4.69, 9.17) is 0 Å². The van der Waals surface area contributed by atoms with Crippen LogP contribution in [-0.2, 0) is 0 Å². The van der Waals surface area contributed by atoms with Crippen molar-refractivity contribution >= 4 is 11.8 Å². The molecule has 19 heavy (non-hydrogen) atoms. The normalized spacial score (nSPS) is 12.3. The monoisotopic (exact) mass is 273 g/mol. The minimum Gasteiger partial charge on any atom is -0.309 e. The highest BCUT2D eigenvalue weighted by atomic mass is 32.2. The molecule has 0 spiro atoms. The van der Waals surface area contributed by atoms with Crippen LogP contribution in [0.25, 0.3) is 0 Å². The summed E-state index contributed by atoms with van der Waals surface area (Å²) in [5.74, 6) is 0.933. The highest BCUT2D eigenvalue weighted by Gasteiger charge is 2.13. The Morgan fingerprint density at radius 2 is 1.89 bits per heavy atom. The maximum Gasteiger partial charge on any atom is 0.187 e. The molecule has 0 radical (unpaired) electrons. The van der Waals surface area contributed by atoms with Crippen LogP contribution in [0.15, 0.2) is 47.9 Å². The maximum absolute atomic E-state index is 4.25. The molecule has 3 nitrogen and oxygen atoms in total. The Hall–Kier alpha value is -1.39. The van der Waals surface area contributed by atoms with E-state index < -0.39 is 0 Å². The molecular weight excluding hydrogens is 254 g/mol. The second-order valence-electron chi connectivity index (χ2n) is 4.31. The summed E-state index contributed by atoms with van der Waals surface area (Å²) in [6.07, 6.45) is 3.57. The molecule has 0 bridgehead atoms. The van der Waals surface area contributed by atoms with Gasteiger partial charge in [0.15, 0.2) is 5.16 Å². The number of aromatic nitrogens is 2. The van der Waals surface area contributed by atoms with Crippen molar-refractivity contribution < 1.29 is 0 Å². The van der Waals surface area contributed by atoms with Crippen LogP contribution in [0.4, 0.5) is 0 Å². The number of thioether (sulfide) groups is 1. The fourth-order valence-corrected chi connectivity index (χ4v) is 2.88. The quantitative estimate of drug-likeness (QED) is 0.648. The summed E-state index contributed by atoms with van der Waals surface area (Å²) in [5, 5.41) is 4.37. The van der Waals surface area contributed by atoms with E-state index in [-0.39, 0.29) is 0 Å². The number of hydrogen-bond donors (Lipinski definition) is 1. The van der Waals surface area contributed by atoms with Crippen molar-refractivity contribution in [2.24, 2.45) is 0 Å². The first-order valence-electron chi connectivity index (χ1n) is 6.50. The molecule has 1 heterocycles. The van der Waals surface area contributed by atoms with E-state index in [2.05, 4.69) is 53.4 Å². The Kier molecular flexibility index (Phi) is 5.36. The molecule has 0 aliphatic heterocycles. The van der Waals surface area contributed by atoms with E-state index in [1.165, 1.54) is 11.1 Å². The second kappa shape index (κ2) is 7.26. The molecule has 1 aromatic heterocycles. The summed E-state index contributed by atoms with van der Waals surface area (Å²) in [6.45, 7) is 5.24. The first-order valence-corrected chi connectivity index (χ1v) is 7.48. The van der Waals surface area contributed by atoms with Crippen molar-refractivity contribution in [1.29, 1.82) is 0 Å². The van der Waals surface area contributed by atoms with Gasteiger partial charge >= 0.3 is 0 Å². The molecule has 1 N–H and O–H groups in total. The van der Waals surface area contributed by atoms with Crippen molar-refractivity contribution in [3.8, 4) is 0 Å². The average Bonchev–Trinajstić information content (AvgIpc) is 2.45. The Labute approximate surface area is 118 Å². The topological polar surface area (TPSA) is 37.8 Å². The van der Waals surface area contributed by atoms with E-state index in [1.807, 2.05) is 6.07 Å². The lowest BCUT2D eigenvalue weighted by Crippen LogP contribution is -2.23. The van der Waals surface area contributed by atoms with Crippen LogP contribution in [0.1, 0.15) is 24.1 Å². The van der Waals surface area contributed by atoms with Crippen LogP contribution >= 0.6 is 11.8 Å². The number of nitrogens with zero attached hydrogens (tertiary/aromatic N) is 2. The predicted molar refractivity (Wildman–Crippen MR) is 80.4 cm³/mol. The summed E-state index contributed by atoms with van der Waals surface area (Å²) < 4.78 is 0. The molecule has 0 aliphatic rings. The zero-order chi connectivity index (χ0) is 13.5. The van der Waals surface area contributed by atoms with Gasteiger partial charge < -0.3 is 5.32 Å². The van der Waals surface area contributed by atoms with Gasteiger partial charge in [-0.25, -0.2) is 9.97 Å². The van der Waals surface area contributed by atoms with Crippen LogP contribution in [0.2, 0.25) is 0 Å². The van der Waals surface area contributed by atoms with Crippen LogP contribution < -0.4 is 5.32 Å². The van der Waals surface area contributed by atoms with E-state index in [1.54, 1.807) is 24.2 Å². The van der Waals surface area contributed by atoms with Crippen molar-refractivity contribution in [1.82, 2.24) is 15.3 Å². The molecule has 0 aliphatic carbocycles. The molecule has 2 aromatic rings. The van der Waals surface area contributed by atoms with Gasteiger partial charge in [0.2, 0.25) is 0 Å². The van der Waals surface area contributed by atoms with Crippen molar-refractivity contribution in [3.05, 3.63) is 53.9 Å². The minimum atomic E-state index is 0.333. The molecular formula is C15H19N3S. The molecule has 100 valence electrons. The van der Waals surface area contributed by atoms with Crippen molar-refractivity contribution in [2.75, 3.05) is 12.3 Å². The lowest BCUT2D eigenvalue weighted by atomic mass is 10.0. The van der Waals surface area contributed by atoms with E-state index in [0.717, 1.165) is 17.5 Å². The molecule has 2 rings (SSSR count). The van der Waals surface area contributed by atoms with Gasteiger partial charge in [0.05, 0.1) is 0 Å². The highest BCUT2D eigenvalue weighted by molar-refractivity contribution is 7.99. The largest absolute Gasteiger partial charge is 0.309 e. The minimum absolute atomic E-state index is 0.333. The Bertz CT molecular complexity index is 502. The van der Waals surface area contributed by atoms with Crippen LogP contribution in [0.3, 0.4) is 0 Å². The molecule has 1 atom stereocenters. The molecule has 1 aromatic carbocycles.